The van der Waals surface area contributed by atoms with Gasteiger partial charge in [0.1, 0.15) is 5.82 Å². The molecule has 0 aliphatic heterocycles. The Morgan fingerprint density at radius 3 is 2.65 bits per heavy atom. The first-order chi connectivity index (χ1) is 9.49. The standard InChI is InChI=1S/C15H13BrFNO2/c1-18(9-10-4-2-5-11(17)8-10)13-7-3-6-12(16)14(13)15(19)20/h2-8H,9H2,1H3,(H,19,20). The smallest absolute Gasteiger partial charge is 0.338 e. The number of anilines is 1. The molecule has 0 heterocycles. The summed E-state index contributed by atoms with van der Waals surface area (Å²) >= 11 is 3.25. The third kappa shape index (κ3) is 3.17. The molecule has 0 fully saturated rings. The van der Waals surface area contributed by atoms with Crippen LogP contribution in [0.25, 0.3) is 0 Å². The zero-order chi connectivity index (χ0) is 14.7. The SMILES string of the molecule is CN(Cc1cccc(F)c1)c1cccc(Br)c1C(=O)O. The average molecular weight is 338 g/mol. The summed E-state index contributed by atoms with van der Waals surface area (Å²) in [6, 6.07) is 11.4. The lowest BCUT2D eigenvalue weighted by Gasteiger charge is -2.22. The Labute approximate surface area is 124 Å². The fourth-order valence-electron chi connectivity index (χ4n) is 2.04. The van der Waals surface area contributed by atoms with Crippen molar-refractivity contribution < 1.29 is 14.3 Å². The van der Waals surface area contributed by atoms with Gasteiger partial charge in [-0.05, 0) is 45.8 Å². The van der Waals surface area contributed by atoms with Crippen LogP contribution < -0.4 is 4.90 Å². The zero-order valence-electron chi connectivity index (χ0n) is 10.8. The van der Waals surface area contributed by atoms with Crippen molar-refractivity contribution in [1.82, 2.24) is 0 Å². The van der Waals surface area contributed by atoms with Crippen LogP contribution in [0.1, 0.15) is 15.9 Å². The summed E-state index contributed by atoms with van der Waals surface area (Å²) in [4.78, 5) is 13.1. The number of carboxylic acid groups (broad SMARTS) is 1. The zero-order valence-corrected chi connectivity index (χ0v) is 12.4. The lowest BCUT2D eigenvalue weighted by atomic mass is 10.1. The van der Waals surface area contributed by atoms with Crippen LogP contribution in [-0.2, 0) is 6.54 Å². The summed E-state index contributed by atoms with van der Waals surface area (Å²) in [5, 5.41) is 9.29. The second kappa shape index (κ2) is 6.05. The monoisotopic (exact) mass is 337 g/mol. The fraction of sp³-hybridized carbons (Fsp3) is 0.133. The lowest BCUT2D eigenvalue weighted by molar-refractivity contribution is 0.0696. The van der Waals surface area contributed by atoms with Crippen molar-refractivity contribution in [3.63, 3.8) is 0 Å². The first-order valence-corrected chi connectivity index (χ1v) is 6.75. The number of aromatic carboxylic acids is 1. The van der Waals surface area contributed by atoms with Gasteiger partial charge in [0.2, 0.25) is 0 Å². The second-order valence-electron chi connectivity index (χ2n) is 4.43. The molecule has 2 rings (SSSR count). The lowest BCUT2D eigenvalue weighted by Crippen LogP contribution is -2.19. The molecule has 3 nitrogen and oxygen atoms in total. The first kappa shape index (κ1) is 14.5. The molecule has 0 aliphatic rings. The molecule has 0 saturated heterocycles. The van der Waals surface area contributed by atoms with E-state index < -0.39 is 5.97 Å². The maximum atomic E-state index is 13.2. The Kier molecular flexibility index (Phi) is 4.39. The molecule has 0 spiro atoms. The van der Waals surface area contributed by atoms with Crippen molar-refractivity contribution in [2.75, 3.05) is 11.9 Å². The summed E-state index contributed by atoms with van der Waals surface area (Å²) in [5.74, 6) is -1.30. The number of hydrogen-bond donors (Lipinski definition) is 1. The first-order valence-electron chi connectivity index (χ1n) is 5.96. The Balaban J connectivity index is 2.32. The van der Waals surface area contributed by atoms with Crippen LogP contribution in [-0.4, -0.2) is 18.1 Å². The molecule has 0 amide bonds. The van der Waals surface area contributed by atoms with Crippen LogP contribution in [0.2, 0.25) is 0 Å². The molecule has 0 unspecified atom stereocenters. The molecule has 0 atom stereocenters. The Hall–Kier alpha value is -1.88. The highest BCUT2D eigenvalue weighted by molar-refractivity contribution is 9.10. The van der Waals surface area contributed by atoms with Crippen molar-refractivity contribution in [3.05, 3.63) is 63.9 Å². The van der Waals surface area contributed by atoms with Crippen LogP contribution in [0.3, 0.4) is 0 Å². The van der Waals surface area contributed by atoms with Gasteiger partial charge >= 0.3 is 5.97 Å². The van der Waals surface area contributed by atoms with E-state index in [4.69, 9.17) is 0 Å². The number of carbonyl (C=O) groups is 1. The molecule has 104 valence electrons. The van der Waals surface area contributed by atoms with Gasteiger partial charge in [-0.1, -0.05) is 18.2 Å². The number of rotatable bonds is 4. The van der Waals surface area contributed by atoms with Gasteiger partial charge < -0.3 is 10.0 Å². The van der Waals surface area contributed by atoms with Gasteiger partial charge in [0.15, 0.2) is 0 Å². The molecule has 2 aromatic rings. The van der Waals surface area contributed by atoms with Crippen molar-refractivity contribution in [2.24, 2.45) is 0 Å². The normalized spacial score (nSPS) is 10.3. The van der Waals surface area contributed by atoms with Crippen LogP contribution >= 0.6 is 15.9 Å². The van der Waals surface area contributed by atoms with Crippen molar-refractivity contribution in [1.29, 1.82) is 0 Å². The van der Waals surface area contributed by atoms with Crippen molar-refractivity contribution in [2.45, 2.75) is 6.54 Å². The largest absolute Gasteiger partial charge is 0.478 e. The van der Waals surface area contributed by atoms with E-state index in [9.17, 15) is 14.3 Å². The molecule has 0 radical (unpaired) electrons. The van der Waals surface area contributed by atoms with E-state index in [1.807, 2.05) is 0 Å². The van der Waals surface area contributed by atoms with Crippen molar-refractivity contribution >= 4 is 27.6 Å². The minimum atomic E-state index is -1.00. The number of carboxylic acids is 1. The molecule has 0 bridgehead atoms. The van der Waals surface area contributed by atoms with Crippen LogP contribution in [0, 0.1) is 5.82 Å². The Bertz CT molecular complexity index is 646. The van der Waals surface area contributed by atoms with Crippen LogP contribution in [0.4, 0.5) is 10.1 Å². The predicted molar refractivity (Wildman–Crippen MR) is 79.6 cm³/mol. The van der Waals surface area contributed by atoms with Crippen LogP contribution in [0.15, 0.2) is 46.9 Å². The average Bonchev–Trinajstić information content (AvgIpc) is 2.37. The molecule has 2 aromatic carbocycles. The summed E-state index contributed by atoms with van der Waals surface area (Å²) in [5.41, 5.74) is 1.56. The second-order valence-corrected chi connectivity index (χ2v) is 5.28. The minimum Gasteiger partial charge on any atom is -0.478 e. The molecule has 0 aromatic heterocycles. The number of hydrogen-bond acceptors (Lipinski definition) is 2. The van der Waals surface area contributed by atoms with Crippen LogP contribution in [0.5, 0.6) is 0 Å². The molecule has 0 aliphatic carbocycles. The van der Waals surface area contributed by atoms with Gasteiger partial charge in [-0.25, -0.2) is 9.18 Å². The summed E-state index contributed by atoms with van der Waals surface area (Å²) in [6.07, 6.45) is 0. The summed E-state index contributed by atoms with van der Waals surface area (Å²) in [6.45, 7) is 0.425. The van der Waals surface area contributed by atoms with E-state index in [1.165, 1.54) is 12.1 Å². The third-order valence-electron chi connectivity index (χ3n) is 2.93. The van der Waals surface area contributed by atoms with E-state index in [0.717, 1.165) is 5.56 Å². The highest BCUT2D eigenvalue weighted by atomic mass is 79.9. The highest BCUT2D eigenvalue weighted by Crippen LogP contribution is 2.28. The van der Waals surface area contributed by atoms with Gasteiger partial charge in [-0.3, -0.25) is 0 Å². The van der Waals surface area contributed by atoms with E-state index in [0.29, 0.717) is 16.7 Å². The van der Waals surface area contributed by atoms with Gasteiger partial charge in [0, 0.05) is 18.1 Å². The van der Waals surface area contributed by atoms with E-state index in [-0.39, 0.29) is 11.4 Å². The van der Waals surface area contributed by atoms with Gasteiger partial charge in [0.25, 0.3) is 0 Å². The van der Waals surface area contributed by atoms with Gasteiger partial charge in [0.05, 0.1) is 11.3 Å². The molecular formula is C15H13BrFNO2. The van der Waals surface area contributed by atoms with Gasteiger partial charge in [-0.15, -0.1) is 0 Å². The maximum Gasteiger partial charge on any atom is 0.338 e. The maximum absolute atomic E-state index is 13.2. The highest BCUT2D eigenvalue weighted by Gasteiger charge is 2.17. The molecule has 0 saturated carbocycles. The Morgan fingerprint density at radius 1 is 1.30 bits per heavy atom. The molecule has 1 N–H and O–H groups in total. The topological polar surface area (TPSA) is 40.5 Å². The molecule has 5 heteroatoms. The number of benzene rings is 2. The van der Waals surface area contributed by atoms with E-state index in [2.05, 4.69) is 15.9 Å². The molecule has 20 heavy (non-hydrogen) atoms. The van der Waals surface area contributed by atoms with Crippen molar-refractivity contribution in [3.8, 4) is 0 Å². The third-order valence-corrected chi connectivity index (χ3v) is 3.59. The van der Waals surface area contributed by atoms with Gasteiger partial charge in [-0.2, -0.15) is 0 Å². The fourth-order valence-corrected chi connectivity index (χ4v) is 2.56. The number of nitrogens with zero attached hydrogens (tertiary/aromatic N) is 1. The quantitative estimate of drug-likeness (QED) is 0.919. The summed E-state index contributed by atoms with van der Waals surface area (Å²) < 4.78 is 13.7. The van der Waals surface area contributed by atoms with E-state index in [1.54, 1.807) is 42.3 Å². The predicted octanol–water partition coefficient (Wildman–Crippen LogP) is 3.92. The molecular weight excluding hydrogens is 325 g/mol. The Morgan fingerprint density at radius 2 is 2.00 bits per heavy atom. The van der Waals surface area contributed by atoms with E-state index >= 15 is 0 Å². The number of halogens is 2. The summed E-state index contributed by atoms with van der Waals surface area (Å²) in [7, 11) is 1.78. The minimum absolute atomic E-state index is 0.200.